The number of likely N-dealkylation sites (N-methyl/N-ethyl adjacent to an activating group) is 1. The van der Waals surface area contributed by atoms with Crippen LogP contribution in [0.1, 0.15) is 25.7 Å². The van der Waals surface area contributed by atoms with Crippen molar-refractivity contribution in [3.05, 3.63) is 30.3 Å². The van der Waals surface area contributed by atoms with Gasteiger partial charge in [-0.1, -0.05) is 18.2 Å². The number of carboxylic acids is 1. The van der Waals surface area contributed by atoms with Crippen LogP contribution in [0.2, 0.25) is 0 Å². The Morgan fingerprint density at radius 2 is 1.96 bits per heavy atom. The standard InChI is InChI=1S/C19H24N2O5/c1-20(13-16(22)21-11-5-6-14(12-21)17(23)24)18(25)19(9-10-19)26-15-7-3-2-4-8-15/h2-4,7-8,14H,5-6,9-13H2,1H3,(H,23,24). The summed E-state index contributed by atoms with van der Waals surface area (Å²) in [7, 11) is 1.59. The summed E-state index contributed by atoms with van der Waals surface area (Å²) in [6.45, 7) is 0.684. The van der Waals surface area contributed by atoms with Crippen LogP contribution >= 0.6 is 0 Å². The smallest absolute Gasteiger partial charge is 0.308 e. The van der Waals surface area contributed by atoms with E-state index in [0.29, 0.717) is 38.0 Å². The fraction of sp³-hybridized carbons (Fsp3) is 0.526. The molecule has 1 aliphatic heterocycles. The Morgan fingerprint density at radius 1 is 1.27 bits per heavy atom. The van der Waals surface area contributed by atoms with Crippen LogP contribution in [0.15, 0.2) is 30.3 Å². The Hall–Kier alpha value is -2.57. The molecule has 140 valence electrons. The summed E-state index contributed by atoms with van der Waals surface area (Å²) in [6, 6.07) is 9.18. The quantitative estimate of drug-likeness (QED) is 0.828. The lowest BCUT2D eigenvalue weighted by Crippen LogP contribution is -2.49. The van der Waals surface area contributed by atoms with Crippen molar-refractivity contribution in [3.63, 3.8) is 0 Å². The van der Waals surface area contributed by atoms with Crippen LogP contribution in [-0.2, 0) is 14.4 Å². The van der Waals surface area contributed by atoms with Crippen molar-refractivity contribution in [2.75, 3.05) is 26.7 Å². The first-order chi connectivity index (χ1) is 12.4. The maximum Gasteiger partial charge on any atom is 0.308 e. The van der Waals surface area contributed by atoms with E-state index in [1.54, 1.807) is 24.1 Å². The zero-order valence-corrected chi connectivity index (χ0v) is 14.9. The zero-order chi connectivity index (χ0) is 18.7. The predicted octanol–water partition coefficient (Wildman–Crippen LogP) is 1.38. The number of nitrogens with zero attached hydrogens (tertiary/aromatic N) is 2. The predicted molar refractivity (Wildman–Crippen MR) is 93.6 cm³/mol. The van der Waals surface area contributed by atoms with Crippen molar-refractivity contribution >= 4 is 17.8 Å². The van der Waals surface area contributed by atoms with Gasteiger partial charge in [-0.3, -0.25) is 14.4 Å². The maximum atomic E-state index is 12.8. The molecule has 1 N–H and O–H groups in total. The van der Waals surface area contributed by atoms with E-state index in [-0.39, 0.29) is 24.9 Å². The number of aliphatic carboxylic acids is 1. The molecule has 1 saturated carbocycles. The van der Waals surface area contributed by atoms with Gasteiger partial charge in [-0.05, 0) is 25.0 Å². The number of carboxylic acid groups (broad SMARTS) is 1. The van der Waals surface area contributed by atoms with Crippen LogP contribution in [0.5, 0.6) is 5.75 Å². The van der Waals surface area contributed by atoms with Crippen molar-refractivity contribution in [1.29, 1.82) is 0 Å². The van der Waals surface area contributed by atoms with Gasteiger partial charge >= 0.3 is 5.97 Å². The van der Waals surface area contributed by atoms with E-state index < -0.39 is 17.5 Å². The Labute approximate surface area is 152 Å². The van der Waals surface area contributed by atoms with Crippen molar-refractivity contribution < 1.29 is 24.2 Å². The second-order valence-electron chi connectivity index (χ2n) is 7.09. The van der Waals surface area contributed by atoms with E-state index in [2.05, 4.69) is 0 Å². The average molecular weight is 360 g/mol. The topological polar surface area (TPSA) is 87.2 Å². The van der Waals surface area contributed by atoms with E-state index >= 15 is 0 Å². The van der Waals surface area contributed by atoms with E-state index in [0.717, 1.165) is 0 Å². The lowest BCUT2D eigenvalue weighted by Gasteiger charge is -2.32. The molecule has 2 amide bonds. The molecular formula is C19H24N2O5. The summed E-state index contributed by atoms with van der Waals surface area (Å²) < 4.78 is 5.88. The molecule has 7 heteroatoms. The summed E-state index contributed by atoms with van der Waals surface area (Å²) in [4.78, 5) is 39.3. The summed E-state index contributed by atoms with van der Waals surface area (Å²) in [5, 5.41) is 9.14. The maximum absolute atomic E-state index is 12.8. The van der Waals surface area contributed by atoms with Crippen LogP contribution in [0.3, 0.4) is 0 Å². The summed E-state index contributed by atoms with van der Waals surface area (Å²) in [5.74, 6) is -1.19. The third-order valence-corrected chi connectivity index (χ3v) is 4.99. The lowest BCUT2D eigenvalue weighted by molar-refractivity contribution is -0.149. The molecule has 1 aromatic rings. The third-order valence-electron chi connectivity index (χ3n) is 4.99. The largest absolute Gasteiger partial charge is 0.481 e. The van der Waals surface area contributed by atoms with Crippen molar-refractivity contribution in [2.24, 2.45) is 5.92 Å². The average Bonchev–Trinajstić information content (AvgIpc) is 3.42. The molecule has 0 spiro atoms. The van der Waals surface area contributed by atoms with Crippen LogP contribution in [0.25, 0.3) is 0 Å². The SMILES string of the molecule is CN(CC(=O)N1CCCC(C(=O)O)C1)C(=O)C1(Oc2ccccc2)CC1. The van der Waals surface area contributed by atoms with Crippen molar-refractivity contribution in [3.8, 4) is 5.75 Å². The zero-order valence-electron chi connectivity index (χ0n) is 14.9. The number of hydrogen-bond donors (Lipinski definition) is 1. The Bertz CT molecular complexity index is 686. The van der Waals surface area contributed by atoms with Gasteiger partial charge in [0, 0.05) is 33.0 Å². The first-order valence-electron chi connectivity index (χ1n) is 8.91. The molecular weight excluding hydrogens is 336 g/mol. The highest BCUT2D eigenvalue weighted by Gasteiger charge is 2.54. The Balaban J connectivity index is 1.57. The number of amides is 2. The first-order valence-corrected chi connectivity index (χ1v) is 8.91. The highest BCUT2D eigenvalue weighted by Crippen LogP contribution is 2.41. The van der Waals surface area contributed by atoms with Gasteiger partial charge in [-0.25, -0.2) is 0 Å². The van der Waals surface area contributed by atoms with Crippen LogP contribution in [0.4, 0.5) is 0 Å². The molecule has 1 saturated heterocycles. The number of carbonyl (C=O) groups is 3. The van der Waals surface area contributed by atoms with Gasteiger partial charge < -0.3 is 19.6 Å². The number of hydrogen-bond acceptors (Lipinski definition) is 4. The third kappa shape index (κ3) is 3.98. The second kappa shape index (κ2) is 7.35. The fourth-order valence-corrected chi connectivity index (χ4v) is 3.32. The minimum absolute atomic E-state index is 0.0644. The molecule has 1 unspecified atom stereocenters. The summed E-state index contributed by atoms with van der Waals surface area (Å²) in [5.41, 5.74) is -0.873. The number of benzene rings is 1. The molecule has 2 aliphatic rings. The van der Waals surface area contributed by atoms with Gasteiger partial charge in [-0.15, -0.1) is 0 Å². The van der Waals surface area contributed by atoms with E-state index in [4.69, 9.17) is 9.84 Å². The van der Waals surface area contributed by atoms with Gasteiger partial charge in [0.1, 0.15) is 5.75 Å². The molecule has 0 radical (unpaired) electrons. The summed E-state index contributed by atoms with van der Waals surface area (Å²) in [6.07, 6.45) is 2.51. The van der Waals surface area contributed by atoms with E-state index in [9.17, 15) is 14.4 Å². The van der Waals surface area contributed by atoms with Gasteiger partial charge in [0.15, 0.2) is 5.60 Å². The number of carbonyl (C=O) groups excluding carboxylic acids is 2. The molecule has 2 fully saturated rings. The number of likely N-dealkylation sites (tertiary alicyclic amines) is 1. The van der Waals surface area contributed by atoms with Crippen LogP contribution in [0, 0.1) is 5.92 Å². The van der Waals surface area contributed by atoms with Gasteiger partial charge in [-0.2, -0.15) is 0 Å². The fourth-order valence-electron chi connectivity index (χ4n) is 3.32. The molecule has 7 nitrogen and oxygen atoms in total. The molecule has 1 heterocycles. The van der Waals surface area contributed by atoms with Crippen LogP contribution < -0.4 is 4.74 Å². The molecule has 1 aromatic carbocycles. The minimum atomic E-state index is -0.875. The number of piperidine rings is 1. The van der Waals surface area contributed by atoms with Gasteiger partial charge in [0.2, 0.25) is 5.91 Å². The Kier molecular flexibility index (Phi) is 5.15. The van der Waals surface area contributed by atoms with Gasteiger partial charge in [0.05, 0.1) is 12.5 Å². The number of para-hydroxylation sites is 1. The molecule has 0 aromatic heterocycles. The number of rotatable bonds is 6. The lowest BCUT2D eigenvalue weighted by atomic mass is 9.98. The molecule has 3 rings (SSSR count). The Morgan fingerprint density at radius 3 is 2.58 bits per heavy atom. The molecule has 1 atom stereocenters. The van der Waals surface area contributed by atoms with Crippen LogP contribution in [-0.4, -0.2) is 65.0 Å². The van der Waals surface area contributed by atoms with Crippen molar-refractivity contribution in [2.45, 2.75) is 31.3 Å². The van der Waals surface area contributed by atoms with Crippen molar-refractivity contribution in [1.82, 2.24) is 9.80 Å². The summed E-state index contributed by atoms with van der Waals surface area (Å²) >= 11 is 0. The van der Waals surface area contributed by atoms with Gasteiger partial charge in [0.25, 0.3) is 5.91 Å². The molecule has 1 aliphatic carbocycles. The monoisotopic (exact) mass is 360 g/mol. The highest BCUT2D eigenvalue weighted by molar-refractivity contribution is 5.92. The van der Waals surface area contributed by atoms with E-state index in [1.165, 1.54) is 4.90 Å². The highest BCUT2D eigenvalue weighted by atomic mass is 16.5. The second-order valence-corrected chi connectivity index (χ2v) is 7.09. The normalized spacial score (nSPS) is 21.0. The first kappa shape index (κ1) is 18.2. The molecule has 0 bridgehead atoms. The number of ether oxygens (including phenoxy) is 1. The molecule has 26 heavy (non-hydrogen) atoms. The van der Waals surface area contributed by atoms with E-state index in [1.807, 2.05) is 18.2 Å². The minimum Gasteiger partial charge on any atom is -0.481 e.